The lowest BCUT2D eigenvalue weighted by Crippen LogP contribution is -2.37. The van der Waals surface area contributed by atoms with Crippen LogP contribution in [0.3, 0.4) is 0 Å². The van der Waals surface area contributed by atoms with Gasteiger partial charge in [0.2, 0.25) is 0 Å². The summed E-state index contributed by atoms with van der Waals surface area (Å²) in [5, 5.41) is 0. The largest absolute Gasteiger partial charge is 0.472 e. The van der Waals surface area contributed by atoms with Crippen molar-refractivity contribution in [2.75, 3.05) is 47.5 Å². The van der Waals surface area contributed by atoms with E-state index in [-0.39, 0.29) is 32.0 Å². The quantitative estimate of drug-likeness (QED) is 0.0211. The Kier molecular flexibility index (Phi) is 80.1. The lowest BCUT2D eigenvalue weighted by atomic mass is 10.0. The highest BCUT2D eigenvalue weighted by molar-refractivity contribution is 7.47. The number of ether oxygens (including phenoxy) is 2. The van der Waals surface area contributed by atoms with Gasteiger partial charge in [0.15, 0.2) is 6.10 Å². The van der Waals surface area contributed by atoms with E-state index in [1.807, 2.05) is 21.1 Å². The summed E-state index contributed by atoms with van der Waals surface area (Å²) in [7, 11) is 1.48. The molecule has 0 aliphatic heterocycles. The molecule has 2 unspecified atom stereocenters. The SMILES string of the molecule is CC/C=C\C/C=C\C/C=C\C/C=C\C/C=C\C/C=C\C/C=C\C/C=C\C/C=C\C/C=C\CCCCCCCCCCCCC(=O)OC(COC(=O)CCCCCCCCCCCCCCCCCCCCCCCCCCCCC/C=C\CCCCCCCCCC)COP(=O)(O)OCC[N+](C)(C)C. The Hall–Kier alpha value is -3.85. The van der Waals surface area contributed by atoms with Crippen LogP contribution in [0.15, 0.2) is 134 Å². The fourth-order valence-electron chi connectivity index (χ4n) is 12.5. The van der Waals surface area contributed by atoms with Crippen LogP contribution in [0.2, 0.25) is 0 Å². The molecule has 0 spiro atoms. The fraction of sp³-hybridized carbons (Fsp3) is 0.745. The van der Waals surface area contributed by atoms with Crippen LogP contribution in [0.25, 0.3) is 0 Å². The number of carbonyl (C=O) groups is 2. The molecule has 2 atom stereocenters. The summed E-state index contributed by atoms with van der Waals surface area (Å²) in [4.78, 5) is 36.1. The van der Waals surface area contributed by atoms with E-state index in [2.05, 4.69) is 148 Å². The summed E-state index contributed by atoms with van der Waals surface area (Å²) in [6.07, 6.45) is 122. The minimum Gasteiger partial charge on any atom is -0.462 e. The molecular weight excluding hydrogens is 1300 g/mol. The number of carbonyl (C=O) groups excluding carboxylic acids is 2. The second-order valence-electron chi connectivity index (χ2n) is 30.5. The van der Waals surface area contributed by atoms with Gasteiger partial charge >= 0.3 is 19.8 Å². The van der Waals surface area contributed by atoms with Gasteiger partial charge in [-0.15, -0.1) is 0 Å². The van der Waals surface area contributed by atoms with Crippen molar-refractivity contribution in [2.24, 2.45) is 0 Å². The summed E-state index contributed by atoms with van der Waals surface area (Å²) in [5.41, 5.74) is 0. The van der Waals surface area contributed by atoms with Gasteiger partial charge in [-0.05, 0) is 116 Å². The molecule has 0 heterocycles. The maximum atomic E-state index is 12.9. The van der Waals surface area contributed by atoms with Crippen molar-refractivity contribution in [1.82, 2.24) is 0 Å². The summed E-state index contributed by atoms with van der Waals surface area (Å²) in [5.74, 6) is -0.792. The molecule has 0 radical (unpaired) electrons. The molecule has 0 aromatic carbocycles. The standard InChI is InChI=1S/C94H166NO8P/c1-6-8-10-12-14-16-18-20-22-24-26-28-30-32-34-36-38-40-42-44-46-47-49-51-53-55-57-59-61-63-65-67-69-71-73-75-77-79-81-83-85-87-94(97)103-92(91-102-104(98,99)101-89-88-95(3,4)5)90-100-93(96)86-84-82-80-78-76-74-72-70-68-66-64-62-60-58-56-54-52-50-48-45-43-41-39-37-35-33-31-29-27-25-23-21-19-17-15-13-11-9-7-2/h8,10,14,16,20,22,25-28,32,34,38,40,44,46,49,51,55,57,61,63,92H,6-7,9,11-13,15,17-19,21,23-24,29-31,33,35-37,39,41-43,45,47-48,50,52-54,56,58-60,62,64-91H2,1-5H3/p+1/b10-8-,16-14-,22-20-,27-25-,28-26-,34-32-,40-38-,46-44-,51-49-,57-55-,63-61-. The molecule has 104 heavy (non-hydrogen) atoms. The number of allylic oxidation sites excluding steroid dienone is 22. The van der Waals surface area contributed by atoms with Crippen molar-refractivity contribution in [3.05, 3.63) is 134 Å². The van der Waals surface area contributed by atoms with Gasteiger partial charge in [0, 0.05) is 12.8 Å². The number of unbranched alkanes of at least 4 members (excludes halogenated alkanes) is 45. The molecule has 0 aromatic heterocycles. The number of likely N-dealkylation sites (N-methyl/N-ethyl adjacent to an activating group) is 1. The van der Waals surface area contributed by atoms with Gasteiger partial charge in [0.25, 0.3) is 0 Å². The predicted molar refractivity (Wildman–Crippen MR) is 454 cm³/mol. The number of phosphoric acid groups is 1. The average Bonchev–Trinajstić information content (AvgIpc) is 0.920. The van der Waals surface area contributed by atoms with E-state index >= 15 is 0 Å². The predicted octanol–water partition coefficient (Wildman–Crippen LogP) is 29.8. The van der Waals surface area contributed by atoms with Crippen LogP contribution in [0.1, 0.15) is 399 Å². The van der Waals surface area contributed by atoms with Crippen LogP contribution in [0.5, 0.6) is 0 Å². The summed E-state index contributed by atoms with van der Waals surface area (Å²) in [6.45, 7) is 4.36. The molecule has 0 bridgehead atoms. The van der Waals surface area contributed by atoms with Crippen molar-refractivity contribution in [2.45, 2.75) is 405 Å². The number of hydrogen-bond donors (Lipinski definition) is 1. The van der Waals surface area contributed by atoms with Gasteiger partial charge < -0.3 is 18.9 Å². The van der Waals surface area contributed by atoms with Crippen LogP contribution in [0.4, 0.5) is 0 Å². The van der Waals surface area contributed by atoms with E-state index in [0.29, 0.717) is 17.4 Å². The monoisotopic (exact) mass is 1470 g/mol. The molecule has 0 aromatic rings. The normalized spacial score (nSPS) is 13.6. The van der Waals surface area contributed by atoms with Crippen molar-refractivity contribution < 1.29 is 42.1 Å². The third-order valence-corrected chi connectivity index (χ3v) is 20.1. The van der Waals surface area contributed by atoms with Crippen molar-refractivity contribution in [3.8, 4) is 0 Å². The number of nitrogens with zero attached hydrogens (tertiary/aromatic N) is 1. The van der Waals surface area contributed by atoms with Gasteiger partial charge in [-0.1, -0.05) is 404 Å². The van der Waals surface area contributed by atoms with Crippen LogP contribution in [-0.4, -0.2) is 74.9 Å². The number of esters is 2. The van der Waals surface area contributed by atoms with E-state index in [1.54, 1.807) is 0 Å². The molecule has 9 nitrogen and oxygen atoms in total. The summed E-state index contributed by atoms with van der Waals surface area (Å²) >= 11 is 0. The van der Waals surface area contributed by atoms with Gasteiger partial charge in [-0.2, -0.15) is 0 Å². The van der Waals surface area contributed by atoms with E-state index in [4.69, 9.17) is 18.5 Å². The molecule has 0 amide bonds. The number of hydrogen-bond acceptors (Lipinski definition) is 7. The van der Waals surface area contributed by atoms with Gasteiger partial charge in [0.05, 0.1) is 27.7 Å². The van der Waals surface area contributed by atoms with Gasteiger partial charge in [-0.25, -0.2) is 4.57 Å². The third kappa shape index (κ3) is 87.1. The zero-order valence-corrected chi connectivity index (χ0v) is 69.6. The first-order chi connectivity index (χ1) is 51.0. The Morgan fingerprint density at radius 3 is 0.827 bits per heavy atom. The highest BCUT2D eigenvalue weighted by atomic mass is 31.2. The van der Waals surface area contributed by atoms with Crippen molar-refractivity contribution >= 4 is 19.8 Å². The maximum absolute atomic E-state index is 12.9. The summed E-state index contributed by atoms with van der Waals surface area (Å²) in [6, 6.07) is 0. The lowest BCUT2D eigenvalue weighted by Gasteiger charge is -2.24. The Morgan fingerprint density at radius 2 is 0.548 bits per heavy atom. The molecule has 0 fully saturated rings. The van der Waals surface area contributed by atoms with Gasteiger partial charge in [-0.3, -0.25) is 18.6 Å². The zero-order chi connectivity index (χ0) is 75.4. The van der Waals surface area contributed by atoms with Crippen LogP contribution in [0, 0.1) is 0 Å². The fourth-order valence-corrected chi connectivity index (χ4v) is 13.3. The van der Waals surface area contributed by atoms with E-state index in [0.717, 1.165) is 109 Å². The molecule has 0 rings (SSSR count). The van der Waals surface area contributed by atoms with Crippen LogP contribution >= 0.6 is 7.82 Å². The molecule has 10 heteroatoms. The Labute approximate surface area is 644 Å². The molecular formula is C94H167NO8P+. The first-order valence-corrected chi connectivity index (χ1v) is 45.4. The van der Waals surface area contributed by atoms with Crippen molar-refractivity contribution in [3.63, 3.8) is 0 Å². The number of phosphoric ester groups is 1. The zero-order valence-electron chi connectivity index (χ0n) is 68.7. The van der Waals surface area contributed by atoms with Crippen LogP contribution in [-0.2, 0) is 32.7 Å². The molecule has 0 saturated heterocycles. The Bertz CT molecular complexity index is 2230. The van der Waals surface area contributed by atoms with Crippen molar-refractivity contribution in [1.29, 1.82) is 0 Å². The maximum Gasteiger partial charge on any atom is 0.472 e. The second-order valence-corrected chi connectivity index (χ2v) is 32.0. The number of rotatable bonds is 81. The second kappa shape index (κ2) is 83.2. The topological polar surface area (TPSA) is 108 Å². The van der Waals surface area contributed by atoms with E-state index < -0.39 is 26.5 Å². The van der Waals surface area contributed by atoms with Crippen LogP contribution < -0.4 is 0 Å². The molecule has 0 saturated carbocycles. The Balaban J connectivity index is 3.95. The molecule has 0 aliphatic carbocycles. The Morgan fingerprint density at radius 1 is 0.308 bits per heavy atom. The highest BCUT2D eigenvalue weighted by Gasteiger charge is 2.27. The van der Waals surface area contributed by atoms with E-state index in [1.165, 1.54) is 257 Å². The minimum absolute atomic E-state index is 0.0274. The third-order valence-electron chi connectivity index (χ3n) is 19.2. The minimum atomic E-state index is -4.41. The molecule has 1 N–H and O–H groups in total. The van der Waals surface area contributed by atoms with E-state index in [9.17, 15) is 19.0 Å². The molecule has 600 valence electrons. The first kappa shape index (κ1) is 100. The molecule has 0 aliphatic rings. The van der Waals surface area contributed by atoms with Gasteiger partial charge in [0.1, 0.15) is 19.8 Å². The number of quaternary nitrogens is 1. The smallest absolute Gasteiger partial charge is 0.462 e. The average molecular weight is 1470 g/mol. The summed E-state index contributed by atoms with van der Waals surface area (Å²) < 4.78 is 34.9. The highest BCUT2D eigenvalue weighted by Crippen LogP contribution is 2.43. The lowest BCUT2D eigenvalue weighted by molar-refractivity contribution is -0.870. The first-order valence-electron chi connectivity index (χ1n) is 43.9.